The molecule has 0 spiro atoms. The van der Waals surface area contributed by atoms with E-state index in [4.69, 9.17) is 4.74 Å². The highest BCUT2D eigenvalue weighted by Gasteiger charge is 2.14. The Balaban J connectivity index is 1.84. The molecule has 0 aliphatic heterocycles. The molecule has 0 saturated heterocycles. The molecule has 2 aromatic heterocycles. The van der Waals surface area contributed by atoms with Gasteiger partial charge in [0.25, 0.3) is 0 Å². The van der Waals surface area contributed by atoms with Gasteiger partial charge in [-0.1, -0.05) is 17.4 Å². The van der Waals surface area contributed by atoms with Gasteiger partial charge in [0.15, 0.2) is 0 Å². The lowest BCUT2D eigenvalue weighted by atomic mass is 10.2. The first-order valence-corrected chi connectivity index (χ1v) is 9.05. The summed E-state index contributed by atoms with van der Waals surface area (Å²) in [5.74, 6) is 0.806. The minimum Gasteiger partial charge on any atom is -0.497 e. The topological polar surface area (TPSA) is 55.6 Å². The molecular formula is C17H16N2O3S2. The van der Waals surface area contributed by atoms with Crippen molar-refractivity contribution in [3.05, 3.63) is 73.8 Å². The monoisotopic (exact) mass is 360 g/mol. The SMILES string of the molecule is COc1ccc(N(Cc2csc([N+](=O)[O-])c2)Cc2cccs2)cc1. The van der Waals surface area contributed by atoms with Gasteiger partial charge in [0.05, 0.1) is 18.6 Å². The van der Waals surface area contributed by atoms with E-state index in [1.54, 1.807) is 24.5 Å². The van der Waals surface area contributed by atoms with Crippen molar-refractivity contribution >= 4 is 33.4 Å². The van der Waals surface area contributed by atoms with Gasteiger partial charge in [0, 0.05) is 28.6 Å². The minimum atomic E-state index is -0.342. The maximum atomic E-state index is 10.9. The van der Waals surface area contributed by atoms with Gasteiger partial charge in [-0.15, -0.1) is 11.3 Å². The quantitative estimate of drug-likeness (QED) is 0.443. The fourth-order valence-electron chi connectivity index (χ4n) is 2.38. The Kier molecular flexibility index (Phi) is 5.12. The third kappa shape index (κ3) is 3.93. The van der Waals surface area contributed by atoms with Crippen molar-refractivity contribution < 1.29 is 9.66 Å². The molecule has 2 heterocycles. The first kappa shape index (κ1) is 16.5. The molecule has 5 nitrogen and oxygen atoms in total. The fourth-order valence-corrected chi connectivity index (χ4v) is 3.82. The number of ether oxygens (including phenoxy) is 1. The Morgan fingerprint density at radius 3 is 2.54 bits per heavy atom. The summed E-state index contributed by atoms with van der Waals surface area (Å²) in [7, 11) is 1.64. The van der Waals surface area contributed by atoms with Gasteiger partial charge in [0.1, 0.15) is 5.75 Å². The van der Waals surface area contributed by atoms with E-state index in [1.165, 1.54) is 16.2 Å². The van der Waals surface area contributed by atoms with Crippen LogP contribution in [0.4, 0.5) is 10.7 Å². The van der Waals surface area contributed by atoms with Gasteiger partial charge >= 0.3 is 5.00 Å². The summed E-state index contributed by atoms with van der Waals surface area (Å²) in [5, 5.41) is 15.0. The first-order chi connectivity index (χ1) is 11.7. The molecule has 0 saturated carbocycles. The Morgan fingerprint density at radius 2 is 1.96 bits per heavy atom. The summed E-state index contributed by atoms with van der Waals surface area (Å²) in [6, 6.07) is 13.6. The second kappa shape index (κ2) is 7.46. The van der Waals surface area contributed by atoms with Crippen molar-refractivity contribution in [1.29, 1.82) is 0 Å². The zero-order valence-corrected chi connectivity index (χ0v) is 14.7. The molecule has 3 rings (SSSR count). The Labute approximate surface area is 147 Å². The second-order valence-electron chi connectivity index (χ2n) is 5.18. The van der Waals surface area contributed by atoms with E-state index in [1.807, 2.05) is 35.7 Å². The number of nitro groups is 1. The van der Waals surface area contributed by atoms with Crippen LogP contribution in [0.1, 0.15) is 10.4 Å². The Morgan fingerprint density at radius 1 is 1.17 bits per heavy atom. The number of benzene rings is 1. The Hall–Kier alpha value is -2.38. The lowest BCUT2D eigenvalue weighted by Crippen LogP contribution is -2.21. The van der Waals surface area contributed by atoms with E-state index in [9.17, 15) is 10.1 Å². The summed E-state index contributed by atoms with van der Waals surface area (Å²) in [6.07, 6.45) is 0. The van der Waals surface area contributed by atoms with Crippen molar-refractivity contribution in [1.82, 2.24) is 0 Å². The highest BCUT2D eigenvalue weighted by atomic mass is 32.1. The lowest BCUT2D eigenvalue weighted by molar-refractivity contribution is -0.380. The van der Waals surface area contributed by atoms with Crippen LogP contribution in [-0.2, 0) is 13.1 Å². The normalized spacial score (nSPS) is 10.5. The van der Waals surface area contributed by atoms with Gasteiger partial charge in [-0.3, -0.25) is 10.1 Å². The van der Waals surface area contributed by atoms with Crippen LogP contribution in [0, 0.1) is 10.1 Å². The summed E-state index contributed by atoms with van der Waals surface area (Å²) in [4.78, 5) is 14.0. The maximum Gasteiger partial charge on any atom is 0.324 e. The minimum absolute atomic E-state index is 0.177. The molecule has 0 N–H and O–H groups in total. The molecule has 0 unspecified atom stereocenters. The van der Waals surface area contributed by atoms with Crippen molar-refractivity contribution in [2.75, 3.05) is 12.0 Å². The van der Waals surface area contributed by atoms with Gasteiger partial charge in [-0.2, -0.15) is 0 Å². The molecule has 1 aromatic carbocycles. The van der Waals surface area contributed by atoms with Crippen LogP contribution in [-0.4, -0.2) is 12.0 Å². The fraction of sp³-hybridized carbons (Fsp3) is 0.176. The number of methoxy groups -OCH3 is 1. The van der Waals surface area contributed by atoms with Crippen molar-refractivity contribution in [2.45, 2.75) is 13.1 Å². The van der Waals surface area contributed by atoms with Gasteiger partial charge in [-0.25, -0.2) is 0 Å². The lowest BCUT2D eigenvalue weighted by Gasteiger charge is -2.24. The predicted molar refractivity (Wildman–Crippen MR) is 98.2 cm³/mol. The van der Waals surface area contributed by atoms with Crippen LogP contribution in [0.15, 0.2) is 53.2 Å². The zero-order chi connectivity index (χ0) is 16.9. The molecule has 0 aliphatic rings. The second-order valence-corrected chi connectivity index (χ2v) is 7.11. The molecule has 124 valence electrons. The average Bonchev–Trinajstić information content (AvgIpc) is 3.26. The van der Waals surface area contributed by atoms with E-state index in [-0.39, 0.29) is 9.92 Å². The number of nitrogens with zero attached hydrogens (tertiary/aromatic N) is 2. The van der Waals surface area contributed by atoms with Crippen molar-refractivity contribution in [2.24, 2.45) is 0 Å². The summed E-state index contributed by atoms with van der Waals surface area (Å²) < 4.78 is 5.21. The van der Waals surface area contributed by atoms with Gasteiger partial charge in [-0.05, 0) is 41.3 Å². The van der Waals surface area contributed by atoms with Gasteiger partial charge < -0.3 is 9.64 Å². The van der Waals surface area contributed by atoms with Crippen LogP contribution in [0.3, 0.4) is 0 Å². The Bertz CT molecular complexity index is 798. The van der Waals surface area contributed by atoms with E-state index in [0.717, 1.165) is 23.5 Å². The van der Waals surface area contributed by atoms with E-state index in [0.29, 0.717) is 6.54 Å². The standard InChI is InChI=1S/C17H16N2O3S2/c1-22-15-6-4-14(5-7-15)18(11-16-3-2-8-23-16)10-13-9-17(19(20)21)24-12-13/h2-9,12H,10-11H2,1H3. The molecule has 0 aliphatic carbocycles. The van der Waals surface area contributed by atoms with Crippen LogP contribution < -0.4 is 9.64 Å². The molecule has 0 atom stereocenters. The third-order valence-electron chi connectivity index (χ3n) is 3.56. The number of hydrogen-bond donors (Lipinski definition) is 0. The van der Waals surface area contributed by atoms with E-state index < -0.39 is 0 Å². The molecule has 0 fully saturated rings. The number of anilines is 1. The van der Waals surface area contributed by atoms with E-state index in [2.05, 4.69) is 16.3 Å². The molecule has 0 bridgehead atoms. The largest absolute Gasteiger partial charge is 0.497 e. The predicted octanol–water partition coefficient (Wildman–Crippen LogP) is 4.93. The summed E-state index contributed by atoms with van der Waals surface area (Å²) >= 11 is 2.87. The van der Waals surface area contributed by atoms with Crippen LogP contribution in [0.25, 0.3) is 0 Å². The maximum absolute atomic E-state index is 10.9. The summed E-state index contributed by atoms with van der Waals surface area (Å²) in [6.45, 7) is 1.38. The zero-order valence-electron chi connectivity index (χ0n) is 13.0. The van der Waals surface area contributed by atoms with Crippen LogP contribution >= 0.6 is 22.7 Å². The number of thiophene rings is 2. The molecular weight excluding hydrogens is 344 g/mol. The third-order valence-corrected chi connectivity index (χ3v) is 5.35. The van der Waals surface area contributed by atoms with Gasteiger partial charge in [0.2, 0.25) is 0 Å². The molecule has 24 heavy (non-hydrogen) atoms. The smallest absolute Gasteiger partial charge is 0.324 e. The highest BCUT2D eigenvalue weighted by Crippen LogP contribution is 2.28. The van der Waals surface area contributed by atoms with E-state index >= 15 is 0 Å². The first-order valence-electron chi connectivity index (χ1n) is 7.29. The molecule has 0 amide bonds. The number of hydrogen-bond acceptors (Lipinski definition) is 6. The summed E-state index contributed by atoms with van der Waals surface area (Å²) in [5.41, 5.74) is 2.00. The van der Waals surface area contributed by atoms with Crippen LogP contribution in [0.2, 0.25) is 0 Å². The molecule has 3 aromatic rings. The molecule has 7 heteroatoms. The average molecular weight is 360 g/mol. The van der Waals surface area contributed by atoms with Crippen molar-refractivity contribution in [3.8, 4) is 5.75 Å². The van der Waals surface area contributed by atoms with Crippen LogP contribution in [0.5, 0.6) is 5.75 Å². The van der Waals surface area contributed by atoms with Crippen molar-refractivity contribution in [3.63, 3.8) is 0 Å². The number of rotatable bonds is 7. The molecule has 0 radical (unpaired) electrons. The highest BCUT2D eigenvalue weighted by molar-refractivity contribution is 7.13.